The van der Waals surface area contributed by atoms with Gasteiger partial charge >= 0.3 is 0 Å². The van der Waals surface area contributed by atoms with Crippen molar-refractivity contribution in [3.05, 3.63) is 51.3 Å². The van der Waals surface area contributed by atoms with Gasteiger partial charge < -0.3 is 5.73 Å². The van der Waals surface area contributed by atoms with Crippen molar-refractivity contribution in [3.63, 3.8) is 0 Å². The van der Waals surface area contributed by atoms with Crippen molar-refractivity contribution in [2.24, 2.45) is 0 Å². The number of anilines is 1. The second-order valence-corrected chi connectivity index (χ2v) is 3.92. The summed E-state index contributed by atoms with van der Waals surface area (Å²) in [5.41, 5.74) is 5.90. The molecule has 0 radical (unpaired) electrons. The number of halogens is 2. The van der Waals surface area contributed by atoms with E-state index in [0.717, 1.165) is 12.1 Å². The molecule has 2 N–H and O–H groups in total. The Kier molecular flexibility index (Phi) is 3.12. The Balaban J connectivity index is 2.60. The van der Waals surface area contributed by atoms with Crippen molar-refractivity contribution < 1.29 is 9.31 Å². The highest BCUT2D eigenvalue weighted by Crippen LogP contribution is 2.30. The highest BCUT2D eigenvalue weighted by molar-refractivity contribution is 6.33. The molecule has 0 atom stereocenters. The number of hydrogen-bond acceptors (Lipinski definition) is 4. The van der Waals surface area contributed by atoms with Crippen LogP contribution in [0.2, 0.25) is 5.02 Å². The molecule has 0 fully saturated rings. The van der Waals surface area contributed by atoms with Gasteiger partial charge in [0.05, 0.1) is 21.7 Å². The summed E-state index contributed by atoms with van der Waals surface area (Å²) in [5, 5.41) is 10.8. The van der Waals surface area contributed by atoms with Crippen LogP contribution in [-0.2, 0) is 0 Å². The quantitative estimate of drug-likeness (QED) is 0.670. The molecule has 2 rings (SSSR count). The zero-order valence-corrected chi connectivity index (χ0v) is 9.69. The first-order valence-corrected chi connectivity index (χ1v) is 5.22. The molecule has 1 aromatic heterocycles. The SMILES string of the molecule is Nc1cc([N+](=O)[O-])cc(-c2ccc(F)cc2Cl)n1. The van der Waals surface area contributed by atoms with Gasteiger partial charge in [-0.15, -0.1) is 0 Å². The smallest absolute Gasteiger partial charge is 0.275 e. The lowest BCUT2D eigenvalue weighted by Crippen LogP contribution is -1.97. The van der Waals surface area contributed by atoms with Gasteiger partial charge in [-0.3, -0.25) is 10.1 Å². The molecule has 0 saturated carbocycles. The summed E-state index contributed by atoms with van der Waals surface area (Å²) < 4.78 is 12.9. The summed E-state index contributed by atoms with van der Waals surface area (Å²) in [6, 6.07) is 6.06. The minimum atomic E-state index is -0.584. The van der Waals surface area contributed by atoms with Crippen LogP contribution in [0.25, 0.3) is 11.3 Å². The summed E-state index contributed by atoms with van der Waals surface area (Å²) >= 11 is 5.86. The zero-order chi connectivity index (χ0) is 13.3. The van der Waals surface area contributed by atoms with Crippen LogP contribution in [-0.4, -0.2) is 9.91 Å². The van der Waals surface area contributed by atoms with E-state index in [2.05, 4.69) is 4.98 Å². The number of benzene rings is 1. The third-order valence-electron chi connectivity index (χ3n) is 2.25. The molecular weight excluding hydrogens is 261 g/mol. The Bertz CT molecular complexity index is 634. The van der Waals surface area contributed by atoms with Gasteiger partial charge in [0.25, 0.3) is 5.69 Å². The van der Waals surface area contributed by atoms with Gasteiger partial charge in [0.2, 0.25) is 0 Å². The average Bonchev–Trinajstić information content (AvgIpc) is 2.27. The first kappa shape index (κ1) is 12.3. The van der Waals surface area contributed by atoms with Gasteiger partial charge in [-0.05, 0) is 18.2 Å². The molecule has 2 aromatic rings. The molecule has 1 heterocycles. The molecule has 1 aromatic carbocycles. The molecule has 0 aliphatic carbocycles. The van der Waals surface area contributed by atoms with E-state index in [0.29, 0.717) is 5.56 Å². The Morgan fingerprint density at radius 1 is 1.33 bits per heavy atom. The molecule has 5 nitrogen and oxygen atoms in total. The lowest BCUT2D eigenvalue weighted by Gasteiger charge is -2.04. The largest absolute Gasteiger partial charge is 0.383 e. The molecule has 0 amide bonds. The van der Waals surface area contributed by atoms with Crippen molar-refractivity contribution in [2.45, 2.75) is 0 Å². The van der Waals surface area contributed by atoms with Crippen molar-refractivity contribution in [1.29, 1.82) is 0 Å². The predicted molar refractivity (Wildman–Crippen MR) is 65.7 cm³/mol. The maximum Gasteiger partial charge on any atom is 0.275 e. The predicted octanol–water partition coefficient (Wildman–Crippen LogP) is 3.03. The van der Waals surface area contributed by atoms with E-state index in [1.54, 1.807) is 0 Å². The van der Waals surface area contributed by atoms with Crippen molar-refractivity contribution in [1.82, 2.24) is 4.98 Å². The van der Waals surface area contributed by atoms with Crippen molar-refractivity contribution >= 4 is 23.1 Å². The second kappa shape index (κ2) is 4.58. The monoisotopic (exact) mass is 267 g/mol. The molecule has 0 saturated heterocycles. The Morgan fingerprint density at radius 3 is 2.67 bits per heavy atom. The van der Waals surface area contributed by atoms with Gasteiger partial charge in [-0.1, -0.05) is 11.6 Å². The van der Waals surface area contributed by atoms with E-state index in [9.17, 15) is 14.5 Å². The number of nitrogens with zero attached hydrogens (tertiary/aromatic N) is 2. The van der Waals surface area contributed by atoms with E-state index >= 15 is 0 Å². The lowest BCUT2D eigenvalue weighted by molar-refractivity contribution is -0.384. The summed E-state index contributed by atoms with van der Waals surface area (Å²) in [6.07, 6.45) is 0. The van der Waals surface area contributed by atoms with E-state index in [-0.39, 0.29) is 22.2 Å². The maximum atomic E-state index is 12.9. The molecule has 18 heavy (non-hydrogen) atoms. The van der Waals surface area contributed by atoms with Crippen LogP contribution < -0.4 is 5.73 Å². The van der Waals surface area contributed by atoms with E-state index in [4.69, 9.17) is 17.3 Å². The molecule has 0 aliphatic heterocycles. The fraction of sp³-hybridized carbons (Fsp3) is 0. The maximum absolute atomic E-state index is 12.9. The number of nitrogen functional groups attached to an aromatic ring is 1. The third-order valence-corrected chi connectivity index (χ3v) is 2.56. The van der Waals surface area contributed by atoms with Gasteiger partial charge in [0.15, 0.2) is 0 Å². The molecule has 0 unspecified atom stereocenters. The fourth-order valence-corrected chi connectivity index (χ4v) is 1.74. The highest BCUT2D eigenvalue weighted by atomic mass is 35.5. The molecule has 0 aliphatic rings. The Labute approximate surface area is 106 Å². The van der Waals surface area contributed by atoms with Crippen LogP contribution in [0.1, 0.15) is 0 Å². The Hall–Kier alpha value is -2.21. The van der Waals surface area contributed by atoms with Gasteiger partial charge in [0, 0.05) is 11.6 Å². The number of aromatic nitrogens is 1. The molecule has 7 heteroatoms. The number of hydrogen-bond donors (Lipinski definition) is 1. The normalized spacial score (nSPS) is 10.3. The van der Waals surface area contributed by atoms with E-state index < -0.39 is 10.7 Å². The molecular formula is C11H7ClFN3O2. The van der Waals surface area contributed by atoms with Crippen molar-refractivity contribution in [3.8, 4) is 11.3 Å². The summed E-state index contributed by atoms with van der Waals surface area (Å²) in [5.74, 6) is -0.498. The Morgan fingerprint density at radius 2 is 2.06 bits per heavy atom. The number of nitro groups is 1. The minimum Gasteiger partial charge on any atom is -0.383 e. The number of nitrogens with two attached hydrogens (primary N) is 1. The molecule has 0 bridgehead atoms. The van der Waals surface area contributed by atoms with Gasteiger partial charge in [0.1, 0.15) is 11.6 Å². The van der Waals surface area contributed by atoms with Crippen molar-refractivity contribution in [2.75, 3.05) is 5.73 Å². The number of rotatable bonds is 2. The topological polar surface area (TPSA) is 82.0 Å². The van der Waals surface area contributed by atoms with Gasteiger partial charge in [-0.2, -0.15) is 0 Å². The van der Waals surface area contributed by atoms with Gasteiger partial charge in [-0.25, -0.2) is 9.37 Å². The molecule has 0 spiro atoms. The van der Waals surface area contributed by atoms with E-state index in [1.165, 1.54) is 18.2 Å². The fourth-order valence-electron chi connectivity index (χ4n) is 1.48. The van der Waals surface area contributed by atoms with E-state index in [1.807, 2.05) is 0 Å². The minimum absolute atomic E-state index is 0.000378. The van der Waals surface area contributed by atoms with Crippen LogP contribution in [0.4, 0.5) is 15.9 Å². The summed E-state index contributed by atoms with van der Waals surface area (Å²) in [6.45, 7) is 0. The second-order valence-electron chi connectivity index (χ2n) is 3.52. The average molecular weight is 268 g/mol. The highest BCUT2D eigenvalue weighted by Gasteiger charge is 2.13. The van der Waals surface area contributed by atoms with Crippen LogP contribution in [0, 0.1) is 15.9 Å². The van der Waals surface area contributed by atoms with Crippen LogP contribution in [0.15, 0.2) is 30.3 Å². The van der Waals surface area contributed by atoms with Crippen LogP contribution in [0.3, 0.4) is 0 Å². The summed E-state index contributed by atoms with van der Waals surface area (Å²) in [4.78, 5) is 14.1. The van der Waals surface area contributed by atoms with Crippen LogP contribution in [0.5, 0.6) is 0 Å². The molecule has 92 valence electrons. The zero-order valence-electron chi connectivity index (χ0n) is 8.93. The first-order valence-electron chi connectivity index (χ1n) is 4.85. The standard InChI is InChI=1S/C11H7ClFN3O2/c12-9-3-6(13)1-2-8(9)10-4-7(16(17)18)5-11(14)15-10/h1-5H,(H2,14,15). The number of pyridine rings is 1. The summed E-state index contributed by atoms with van der Waals surface area (Å²) in [7, 11) is 0. The third kappa shape index (κ3) is 2.38. The first-order chi connectivity index (χ1) is 8.47. The lowest BCUT2D eigenvalue weighted by atomic mass is 10.1. The van der Waals surface area contributed by atoms with Crippen LogP contribution >= 0.6 is 11.6 Å².